The van der Waals surface area contributed by atoms with Crippen molar-refractivity contribution in [2.24, 2.45) is 34.0 Å². The maximum absolute atomic E-state index is 12.0. The quantitative estimate of drug-likeness (QED) is 0.723. The number of hydrogen-bond donors (Lipinski definition) is 2. The third-order valence-electron chi connectivity index (χ3n) is 9.16. The number of Topliss-reactive ketones (excluding diaryl/α,β-unsaturated/α-hetero) is 1. The molecule has 0 aliphatic heterocycles. The van der Waals surface area contributed by atoms with Crippen LogP contribution in [0.1, 0.15) is 64.7 Å². The number of aliphatic hydroxyl groups excluding tert-OH is 2. The van der Waals surface area contributed by atoms with Gasteiger partial charge in [0.25, 0.3) is 0 Å². The molecule has 5 fully saturated rings. The van der Waals surface area contributed by atoms with Crippen LogP contribution in [0.15, 0.2) is 0 Å². The van der Waals surface area contributed by atoms with E-state index in [9.17, 15) is 15.0 Å². The third-order valence-corrected chi connectivity index (χ3v) is 9.16. The lowest BCUT2D eigenvalue weighted by Crippen LogP contribution is -2.49. The first kappa shape index (κ1) is 14.0. The average Bonchev–Trinajstić information content (AvgIpc) is 2.89. The van der Waals surface area contributed by atoms with Crippen LogP contribution in [-0.2, 0) is 4.79 Å². The van der Waals surface area contributed by atoms with Crippen molar-refractivity contribution in [2.75, 3.05) is 0 Å². The summed E-state index contributed by atoms with van der Waals surface area (Å²) in [7, 11) is 0. The molecule has 0 aromatic rings. The summed E-state index contributed by atoms with van der Waals surface area (Å²) in [6.45, 7) is 2.30. The van der Waals surface area contributed by atoms with Gasteiger partial charge in [-0.05, 0) is 68.1 Å². The van der Waals surface area contributed by atoms with Crippen LogP contribution in [0, 0.1) is 34.0 Å². The highest BCUT2D eigenvalue weighted by atomic mass is 16.3. The molecule has 1 unspecified atom stereocenters. The monoisotopic (exact) mass is 304 g/mol. The van der Waals surface area contributed by atoms with E-state index in [-0.39, 0.29) is 28.5 Å². The van der Waals surface area contributed by atoms with Gasteiger partial charge in [0, 0.05) is 23.7 Å². The molecule has 0 radical (unpaired) electrons. The van der Waals surface area contributed by atoms with Crippen LogP contribution in [-0.4, -0.2) is 28.2 Å². The zero-order valence-corrected chi connectivity index (χ0v) is 13.6. The lowest BCUT2D eigenvalue weighted by atomic mass is 9.50. The van der Waals surface area contributed by atoms with E-state index in [0.717, 1.165) is 38.5 Å². The highest BCUT2D eigenvalue weighted by Crippen LogP contribution is 2.82. The molecule has 2 N–H and O–H groups in total. The van der Waals surface area contributed by atoms with Crippen molar-refractivity contribution in [3.63, 3.8) is 0 Å². The standard InChI is InChI=1S/C19H28O3/c1-17-7-6-14-12(13(17)2-3-15(17)21)5-8-18-10-11(20)4-9-19(14,18)16(18)22/h12-16,21-22H,2-10H2,1H3/t12-,13-,14-,15-,16?,17-,18+,19+/m0/s1. The van der Waals surface area contributed by atoms with Gasteiger partial charge < -0.3 is 10.2 Å². The number of aliphatic hydroxyl groups is 2. The minimum atomic E-state index is -0.225. The first-order chi connectivity index (χ1) is 10.5. The summed E-state index contributed by atoms with van der Waals surface area (Å²) in [5.41, 5.74) is 0.134. The van der Waals surface area contributed by atoms with Gasteiger partial charge in [-0.15, -0.1) is 0 Å². The molecule has 5 rings (SSSR count). The van der Waals surface area contributed by atoms with Gasteiger partial charge in [-0.1, -0.05) is 6.92 Å². The van der Waals surface area contributed by atoms with Gasteiger partial charge >= 0.3 is 0 Å². The molecule has 5 saturated carbocycles. The van der Waals surface area contributed by atoms with Crippen LogP contribution in [0.25, 0.3) is 0 Å². The van der Waals surface area contributed by atoms with Crippen molar-refractivity contribution in [1.82, 2.24) is 0 Å². The second-order valence-electron chi connectivity index (χ2n) is 9.37. The zero-order valence-electron chi connectivity index (χ0n) is 13.6. The predicted molar refractivity (Wildman–Crippen MR) is 82.0 cm³/mol. The normalized spacial score (nSPS) is 62.7. The van der Waals surface area contributed by atoms with Gasteiger partial charge in [0.2, 0.25) is 0 Å². The smallest absolute Gasteiger partial charge is 0.133 e. The molecule has 0 amide bonds. The Morgan fingerprint density at radius 3 is 2.64 bits per heavy atom. The SMILES string of the molecule is C[C@]12CC[C@H]3[C@@H](CC[C@]45CC(=O)CC[C@]34C5O)[C@@H]1CC[C@@H]2O. The van der Waals surface area contributed by atoms with E-state index in [1.165, 1.54) is 6.42 Å². The number of carbonyl (C=O) groups excluding carboxylic acids is 1. The molecule has 5 aliphatic carbocycles. The Balaban J connectivity index is 1.52. The van der Waals surface area contributed by atoms with E-state index in [1.807, 2.05) is 0 Å². The number of hydrogen-bond acceptors (Lipinski definition) is 3. The van der Waals surface area contributed by atoms with Gasteiger partial charge in [-0.25, -0.2) is 0 Å². The molecule has 0 spiro atoms. The summed E-state index contributed by atoms with van der Waals surface area (Å²) in [5.74, 6) is 2.30. The van der Waals surface area contributed by atoms with E-state index in [2.05, 4.69) is 6.92 Å². The first-order valence-corrected chi connectivity index (χ1v) is 9.33. The minimum Gasteiger partial charge on any atom is -0.393 e. The van der Waals surface area contributed by atoms with Crippen LogP contribution in [0.4, 0.5) is 0 Å². The molecule has 0 aromatic heterocycles. The second-order valence-corrected chi connectivity index (χ2v) is 9.37. The molecular formula is C19H28O3. The van der Waals surface area contributed by atoms with Crippen molar-refractivity contribution >= 4 is 5.78 Å². The first-order valence-electron chi connectivity index (χ1n) is 9.33. The Labute approximate surface area is 132 Å². The van der Waals surface area contributed by atoms with Crippen LogP contribution in [0.3, 0.4) is 0 Å². The Morgan fingerprint density at radius 2 is 1.82 bits per heavy atom. The van der Waals surface area contributed by atoms with E-state index in [4.69, 9.17) is 0 Å². The maximum atomic E-state index is 12.0. The molecule has 0 bridgehead atoms. The van der Waals surface area contributed by atoms with Crippen LogP contribution >= 0.6 is 0 Å². The minimum absolute atomic E-state index is 0.0472. The number of fused-ring (bicyclic) bond motifs is 3. The lowest BCUT2D eigenvalue weighted by Gasteiger charge is -2.54. The fourth-order valence-corrected chi connectivity index (χ4v) is 8.04. The Kier molecular flexibility index (Phi) is 2.52. The Morgan fingerprint density at radius 1 is 1.00 bits per heavy atom. The number of carbonyl (C=O) groups is 1. The summed E-state index contributed by atoms with van der Waals surface area (Å²) < 4.78 is 0. The summed E-state index contributed by atoms with van der Waals surface area (Å²) in [6.07, 6.45) is 8.51. The van der Waals surface area contributed by atoms with Crippen LogP contribution in [0.5, 0.6) is 0 Å². The molecule has 0 heterocycles. The van der Waals surface area contributed by atoms with Crippen molar-refractivity contribution < 1.29 is 15.0 Å². The topological polar surface area (TPSA) is 57.5 Å². The van der Waals surface area contributed by atoms with Crippen molar-refractivity contribution in [2.45, 2.75) is 76.9 Å². The molecule has 3 nitrogen and oxygen atoms in total. The lowest BCUT2D eigenvalue weighted by molar-refractivity contribution is -0.128. The number of rotatable bonds is 0. The van der Waals surface area contributed by atoms with Gasteiger partial charge in [-0.2, -0.15) is 0 Å². The van der Waals surface area contributed by atoms with Crippen LogP contribution in [0.2, 0.25) is 0 Å². The fraction of sp³-hybridized carbons (Fsp3) is 0.947. The number of ketones is 1. The van der Waals surface area contributed by atoms with Gasteiger partial charge in [-0.3, -0.25) is 4.79 Å². The molecule has 122 valence electrons. The zero-order chi connectivity index (χ0) is 15.3. The highest BCUT2D eigenvalue weighted by Gasteiger charge is 2.82. The Hall–Kier alpha value is -0.410. The maximum Gasteiger partial charge on any atom is 0.133 e. The molecule has 8 atom stereocenters. The molecule has 0 saturated heterocycles. The van der Waals surface area contributed by atoms with Crippen molar-refractivity contribution in [1.29, 1.82) is 0 Å². The summed E-state index contributed by atoms with van der Waals surface area (Å²) in [5, 5.41) is 21.4. The average molecular weight is 304 g/mol. The van der Waals surface area contributed by atoms with E-state index in [0.29, 0.717) is 36.4 Å². The van der Waals surface area contributed by atoms with Gasteiger partial charge in [0.05, 0.1) is 12.2 Å². The molecule has 22 heavy (non-hydrogen) atoms. The van der Waals surface area contributed by atoms with Crippen LogP contribution < -0.4 is 0 Å². The molecular weight excluding hydrogens is 276 g/mol. The second kappa shape index (κ2) is 3.97. The molecule has 3 heteroatoms. The van der Waals surface area contributed by atoms with Gasteiger partial charge in [0.15, 0.2) is 0 Å². The Bertz CT molecular complexity index is 545. The summed E-state index contributed by atoms with van der Waals surface area (Å²) in [6, 6.07) is 0. The van der Waals surface area contributed by atoms with E-state index >= 15 is 0 Å². The fourth-order valence-electron chi connectivity index (χ4n) is 8.04. The van der Waals surface area contributed by atoms with Gasteiger partial charge in [0.1, 0.15) is 5.78 Å². The molecule has 0 aromatic carbocycles. The largest absolute Gasteiger partial charge is 0.393 e. The highest BCUT2D eigenvalue weighted by molar-refractivity contribution is 5.82. The summed E-state index contributed by atoms with van der Waals surface area (Å²) in [4.78, 5) is 12.0. The predicted octanol–water partition coefficient (Wildman–Crippen LogP) is 2.68. The van der Waals surface area contributed by atoms with E-state index < -0.39 is 0 Å². The third kappa shape index (κ3) is 1.28. The summed E-state index contributed by atoms with van der Waals surface area (Å²) >= 11 is 0. The van der Waals surface area contributed by atoms with Crippen molar-refractivity contribution in [3.8, 4) is 0 Å². The van der Waals surface area contributed by atoms with Crippen molar-refractivity contribution in [3.05, 3.63) is 0 Å². The van der Waals surface area contributed by atoms with E-state index in [1.54, 1.807) is 0 Å². The molecule has 5 aliphatic rings.